The molecule has 21 heavy (non-hydrogen) atoms. The van der Waals surface area contributed by atoms with Gasteiger partial charge in [0.1, 0.15) is 0 Å². The molecule has 1 amide bonds. The van der Waals surface area contributed by atoms with E-state index in [4.69, 9.17) is 4.52 Å². The van der Waals surface area contributed by atoms with Gasteiger partial charge in [0.15, 0.2) is 0 Å². The van der Waals surface area contributed by atoms with Crippen molar-refractivity contribution in [1.29, 1.82) is 0 Å². The summed E-state index contributed by atoms with van der Waals surface area (Å²) in [6, 6.07) is 3.74. The number of carbonyl (C=O) groups is 1. The molecule has 2 aromatic heterocycles. The number of rotatable bonds is 4. The molecule has 112 valence electrons. The molecule has 0 unspecified atom stereocenters. The van der Waals surface area contributed by atoms with Crippen LogP contribution in [0.4, 0.5) is 0 Å². The number of carbonyl (C=O) groups excluding carboxylic acids is 1. The normalized spacial score (nSPS) is 18.6. The van der Waals surface area contributed by atoms with Crippen LogP contribution in [0.2, 0.25) is 0 Å². The van der Waals surface area contributed by atoms with Gasteiger partial charge in [-0.1, -0.05) is 19.0 Å². The second-order valence-corrected chi connectivity index (χ2v) is 6.03. The highest BCUT2D eigenvalue weighted by molar-refractivity contribution is 5.91. The number of aromatic amines is 1. The highest BCUT2D eigenvalue weighted by Gasteiger charge is 2.30. The van der Waals surface area contributed by atoms with E-state index < -0.39 is 0 Å². The summed E-state index contributed by atoms with van der Waals surface area (Å²) >= 11 is 0. The first kappa shape index (κ1) is 13.9. The van der Waals surface area contributed by atoms with E-state index in [0.717, 1.165) is 30.8 Å². The topological polar surface area (TPSA) is 75.0 Å². The third-order valence-corrected chi connectivity index (χ3v) is 3.82. The third-order valence-electron chi connectivity index (χ3n) is 3.82. The predicted octanol–water partition coefficient (Wildman–Crippen LogP) is 2.23. The molecule has 6 nitrogen and oxygen atoms in total. The van der Waals surface area contributed by atoms with Crippen molar-refractivity contribution >= 4 is 5.91 Å². The Bertz CT molecular complexity index is 603. The van der Waals surface area contributed by atoms with Crippen LogP contribution >= 0.6 is 0 Å². The first-order chi connectivity index (χ1) is 10.1. The molecule has 0 spiro atoms. The molecule has 0 aromatic carbocycles. The van der Waals surface area contributed by atoms with Crippen LogP contribution in [0.25, 0.3) is 0 Å². The SMILES string of the molecule is CC(C)Cc1cc(C(=O)N2CC[C@@H](c3ccn[nH]3)C2)on1. The van der Waals surface area contributed by atoms with E-state index in [1.807, 2.05) is 11.0 Å². The van der Waals surface area contributed by atoms with E-state index in [0.29, 0.717) is 24.1 Å². The second kappa shape index (κ2) is 5.71. The Balaban J connectivity index is 1.65. The van der Waals surface area contributed by atoms with E-state index >= 15 is 0 Å². The Morgan fingerprint density at radius 1 is 1.57 bits per heavy atom. The molecule has 1 saturated heterocycles. The van der Waals surface area contributed by atoms with Crippen LogP contribution in [0.15, 0.2) is 22.9 Å². The lowest BCUT2D eigenvalue weighted by Gasteiger charge is -2.13. The standard InChI is InChI=1S/C15H20N4O2/c1-10(2)7-12-8-14(21-18-12)15(20)19-6-4-11(9-19)13-3-5-16-17-13/h3,5,8,10-11H,4,6-7,9H2,1-2H3,(H,16,17)/t11-/m1/s1. The van der Waals surface area contributed by atoms with Gasteiger partial charge >= 0.3 is 0 Å². The van der Waals surface area contributed by atoms with Crippen LogP contribution in [-0.4, -0.2) is 39.3 Å². The highest BCUT2D eigenvalue weighted by atomic mass is 16.5. The van der Waals surface area contributed by atoms with E-state index in [-0.39, 0.29) is 5.91 Å². The fourth-order valence-corrected chi connectivity index (χ4v) is 2.78. The maximum absolute atomic E-state index is 12.4. The summed E-state index contributed by atoms with van der Waals surface area (Å²) in [5.74, 6) is 1.10. The van der Waals surface area contributed by atoms with E-state index in [1.54, 1.807) is 12.3 Å². The van der Waals surface area contributed by atoms with Crippen molar-refractivity contribution in [2.24, 2.45) is 5.92 Å². The largest absolute Gasteiger partial charge is 0.351 e. The Hall–Kier alpha value is -2.11. The van der Waals surface area contributed by atoms with Crippen molar-refractivity contribution < 1.29 is 9.32 Å². The van der Waals surface area contributed by atoms with Crippen molar-refractivity contribution in [1.82, 2.24) is 20.3 Å². The number of hydrogen-bond donors (Lipinski definition) is 1. The number of H-pyrrole nitrogens is 1. The average molecular weight is 288 g/mol. The quantitative estimate of drug-likeness (QED) is 0.936. The maximum Gasteiger partial charge on any atom is 0.292 e. The number of hydrogen-bond acceptors (Lipinski definition) is 4. The lowest BCUT2D eigenvalue weighted by molar-refractivity contribution is 0.0749. The smallest absolute Gasteiger partial charge is 0.292 e. The molecule has 1 aliphatic rings. The first-order valence-corrected chi connectivity index (χ1v) is 7.37. The van der Waals surface area contributed by atoms with Gasteiger partial charge in [0.05, 0.1) is 5.69 Å². The zero-order valence-corrected chi connectivity index (χ0v) is 12.4. The molecule has 0 aliphatic carbocycles. The number of nitrogens with zero attached hydrogens (tertiary/aromatic N) is 3. The van der Waals surface area contributed by atoms with Crippen molar-refractivity contribution in [2.75, 3.05) is 13.1 Å². The maximum atomic E-state index is 12.4. The van der Waals surface area contributed by atoms with Crippen molar-refractivity contribution in [2.45, 2.75) is 32.6 Å². The summed E-state index contributed by atoms with van der Waals surface area (Å²) in [4.78, 5) is 14.3. The van der Waals surface area contributed by atoms with Gasteiger partial charge in [0.25, 0.3) is 5.91 Å². The summed E-state index contributed by atoms with van der Waals surface area (Å²) in [6.45, 7) is 5.67. The van der Waals surface area contributed by atoms with Crippen LogP contribution in [-0.2, 0) is 6.42 Å². The molecule has 1 atom stereocenters. The Kier molecular flexibility index (Phi) is 3.77. The summed E-state index contributed by atoms with van der Waals surface area (Å²) < 4.78 is 5.20. The summed E-state index contributed by atoms with van der Waals surface area (Å²) in [5.41, 5.74) is 1.93. The minimum absolute atomic E-state index is 0.0699. The molecule has 1 fully saturated rings. The minimum atomic E-state index is -0.0699. The molecule has 3 rings (SSSR count). The van der Waals surface area contributed by atoms with Crippen molar-refractivity contribution in [3.05, 3.63) is 35.5 Å². The van der Waals surface area contributed by atoms with Gasteiger partial charge in [0, 0.05) is 37.0 Å². The van der Waals surface area contributed by atoms with Crippen LogP contribution in [0.5, 0.6) is 0 Å². The Morgan fingerprint density at radius 2 is 2.43 bits per heavy atom. The van der Waals surface area contributed by atoms with Gasteiger partial charge in [-0.2, -0.15) is 5.10 Å². The van der Waals surface area contributed by atoms with Crippen molar-refractivity contribution in [3.63, 3.8) is 0 Å². The van der Waals surface area contributed by atoms with Gasteiger partial charge < -0.3 is 9.42 Å². The van der Waals surface area contributed by atoms with Gasteiger partial charge in [-0.15, -0.1) is 0 Å². The second-order valence-electron chi connectivity index (χ2n) is 6.03. The fourth-order valence-electron chi connectivity index (χ4n) is 2.78. The molecule has 0 bridgehead atoms. The van der Waals surface area contributed by atoms with Gasteiger partial charge in [-0.05, 0) is 24.8 Å². The molecule has 2 aromatic rings. The highest BCUT2D eigenvalue weighted by Crippen LogP contribution is 2.26. The Labute approximate surface area is 123 Å². The summed E-state index contributed by atoms with van der Waals surface area (Å²) in [5, 5.41) is 10.9. The lowest BCUT2D eigenvalue weighted by atomic mass is 10.1. The monoisotopic (exact) mass is 288 g/mol. The van der Waals surface area contributed by atoms with Gasteiger partial charge in [-0.3, -0.25) is 9.89 Å². The number of nitrogens with one attached hydrogen (secondary N) is 1. The van der Waals surface area contributed by atoms with Crippen LogP contribution in [0.1, 0.15) is 48.1 Å². The minimum Gasteiger partial charge on any atom is -0.351 e. The van der Waals surface area contributed by atoms with Crippen LogP contribution in [0.3, 0.4) is 0 Å². The Morgan fingerprint density at radius 3 is 3.14 bits per heavy atom. The summed E-state index contributed by atoms with van der Waals surface area (Å²) in [6.07, 6.45) is 3.52. The van der Waals surface area contributed by atoms with E-state index in [9.17, 15) is 4.79 Å². The fraction of sp³-hybridized carbons (Fsp3) is 0.533. The lowest BCUT2D eigenvalue weighted by Crippen LogP contribution is -2.28. The molecular weight excluding hydrogens is 268 g/mol. The number of amides is 1. The zero-order valence-electron chi connectivity index (χ0n) is 12.4. The van der Waals surface area contributed by atoms with Gasteiger partial charge in [0.2, 0.25) is 5.76 Å². The van der Waals surface area contributed by atoms with Crippen LogP contribution in [0, 0.1) is 5.92 Å². The average Bonchev–Trinajstić information content (AvgIpc) is 3.18. The van der Waals surface area contributed by atoms with Gasteiger partial charge in [-0.25, -0.2) is 0 Å². The predicted molar refractivity (Wildman–Crippen MR) is 76.9 cm³/mol. The molecule has 0 saturated carbocycles. The molecule has 1 N–H and O–H groups in total. The molecular formula is C15H20N4O2. The molecule has 3 heterocycles. The number of aromatic nitrogens is 3. The first-order valence-electron chi connectivity index (χ1n) is 7.37. The van der Waals surface area contributed by atoms with Crippen LogP contribution < -0.4 is 0 Å². The molecule has 0 radical (unpaired) electrons. The van der Waals surface area contributed by atoms with E-state index in [1.165, 1.54) is 0 Å². The third kappa shape index (κ3) is 2.99. The van der Waals surface area contributed by atoms with E-state index in [2.05, 4.69) is 29.2 Å². The number of likely N-dealkylation sites (tertiary alicyclic amines) is 1. The molecule has 6 heteroatoms. The zero-order chi connectivity index (χ0) is 14.8. The van der Waals surface area contributed by atoms with Crippen molar-refractivity contribution in [3.8, 4) is 0 Å². The summed E-state index contributed by atoms with van der Waals surface area (Å²) in [7, 11) is 0. The molecule has 1 aliphatic heterocycles.